The van der Waals surface area contributed by atoms with Crippen LogP contribution in [0.5, 0.6) is 0 Å². The van der Waals surface area contributed by atoms with Crippen molar-refractivity contribution in [2.24, 2.45) is 0 Å². The zero-order chi connectivity index (χ0) is 23.5. The first-order valence-electron chi connectivity index (χ1n) is 11.4. The first kappa shape index (κ1) is 22.1. The van der Waals surface area contributed by atoms with Gasteiger partial charge in [0, 0.05) is 50.0 Å². The lowest BCUT2D eigenvalue weighted by atomic mass is 10.0. The molecule has 176 valence electrons. The fourth-order valence-electron chi connectivity index (χ4n) is 4.38. The smallest absolute Gasteiger partial charge is 0.335 e. The minimum absolute atomic E-state index is 0.120. The van der Waals surface area contributed by atoms with Crippen molar-refractivity contribution < 1.29 is 14.7 Å². The monoisotopic (exact) mass is 460 g/mol. The number of aromatic nitrogens is 2. The second-order valence-corrected chi connectivity index (χ2v) is 8.62. The van der Waals surface area contributed by atoms with Crippen LogP contribution in [0.3, 0.4) is 0 Å². The number of piperazine rings is 1. The Morgan fingerprint density at radius 2 is 1.85 bits per heavy atom. The number of anilines is 4. The van der Waals surface area contributed by atoms with Crippen molar-refractivity contribution in [2.75, 3.05) is 55.1 Å². The van der Waals surface area contributed by atoms with E-state index in [0.29, 0.717) is 18.2 Å². The highest BCUT2D eigenvalue weighted by Gasteiger charge is 2.29. The molecule has 0 radical (unpaired) electrons. The topological polar surface area (TPSA) is 94.1 Å². The van der Waals surface area contributed by atoms with Crippen molar-refractivity contribution in [2.45, 2.75) is 12.5 Å². The lowest BCUT2D eigenvalue weighted by Gasteiger charge is -2.34. The summed E-state index contributed by atoms with van der Waals surface area (Å²) in [6.07, 6.45) is 2.24. The third-order valence-corrected chi connectivity index (χ3v) is 6.31. The Balaban J connectivity index is 1.30. The summed E-state index contributed by atoms with van der Waals surface area (Å²) in [7, 11) is 2.16. The van der Waals surface area contributed by atoms with E-state index in [1.807, 2.05) is 12.1 Å². The number of hydrogen-bond donors (Lipinski definition) is 2. The maximum absolute atomic E-state index is 11.4. The van der Waals surface area contributed by atoms with Gasteiger partial charge in [-0.2, -0.15) is 0 Å². The molecular formula is C25H28N6O3. The molecule has 2 aliphatic heterocycles. The van der Waals surface area contributed by atoms with E-state index in [-0.39, 0.29) is 11.6 Å². The third-order valence-electron chi connectivity index (χ3n) is 6.31. The zero-order valence-electron chi connectivity index (χ0n) is 19.1. The van der Waals surface area contributed by atoms with Crippen LogP contribution in [0.4, 0.5) is 23.0 Å². The molecule has 0 saturated carbocycles. The van der Waals surface area contributed by atoms with Crippen LogP contribution < -0.4 is 15.3 Å². The highest BCUT2D eigenvalue weighted by atomic mass is 16.7. The van der Waals surface area contributed by atoms with Crippen molar-refractivity contribution in [3.8, 4) is 0 Å². The molecule has 2 N–H and O–H groups in total. The van der Waals surface area contributed by atoms with Crippen molar-refractivity contribution in [1.82, 2.24) is 14.9 Å². The Bertz CT molecular complexity index is 1150. The van der Waals surface area contributed by atoms with Crippen LogP contribution in [-0.4, -0.2) is 65.8 Å². The van der Waals surface area contributed by atoms with Gasteiger partial charge in [0.1, 0.15) is 12.1 Å². The maximum atomic E-state index is 11.4. The number of carboxylic acid groups (broad SMARTS) is 1. The summed E-state index contributed by atoms with van der Waals surface area (Å²) in [6.45, 7) is 4.74. The Hall–Kier alpha value is -3.69. The van der Waals surface area contributed by atoms with E-state index in [1.54, 1.807) is 23.3 Å². The van der Waals surface area contributed by atoms with Gasteiger partial charge in [0.25, 0.3) is 0 Å². The molecule has 0 aliphatic carbocycles. The molecule has 34 heavy (non-hydrogen) atoms. The summed E-state index contributed by atoms with van der Waals surface area (Å²) < 4.78 is 0. The second-order valence-electron chi connectivity index (χ2n) is 8.62. The number of hydrogen-bond acceptors (Lipinski definition) is 8. The summed E-state index contributed by atoms with van der Waals surface area (Å²) in [6, 6.07) is 17.1. The molecule has 2 fully saturated rings. The van der Waals surface area contributed by atoms with E-state index in [4.69, 9.17) is 4.84 Å². The molecule has 2 aliphatic rings. The van der Waals surface area contributed by atoms with Crippen LogP contribution in [0, 0.1) is 0 Å². The van der Waals surface area contributed by atoms with E-state index >= 15 is 0 Å². The molecule has 3 aromatic rings. The summed E-state index contributed by atoms with van der Waals surface area (Å²) in [4.78, 5) is 30.8. The number of nitrogens with zero attached hydrogens (tertiary/aromatic N) is 5. The third kappa shape index (κ3) is 4.80. The maximum Gasteiger partial charge on any atom is 0.335 e. The Morgan fingerprint density at radius 1 is 1.06 bits per heavy atom. The van der Waals surface area contributed by atoms with Crippen molar-refractivity contribution >= 4 is 29.0 Å². The Labute approximate surface area is 198 Å². The molecule has 2 aromatic carbocycles. The van der Waals surface area contributed by atoms with Crippen LogP contribution in [0.15, 0.2) is 60.9 Å². The Morgan fingerprint density at radius 3 is 2.62 bits per heavy atom. The number of nitrogens with one attached hydrogen (secondary N) is 1. The molecule has 9 nitrogen and oxygen atoms in total. The van der Waals surface area contributed by atoms with Crippen LogP contribution in [0.1, 0.15) is 28.4 Å². The normalized spacial score (nSPS) is 18.8. The molecule has 1 aromatic heterocycles. The van der Waals surface area contributed by atoms with Gasteiger partial charge in [0.2, 0.25) is 0 Å². The summed E-state index contributed by atoms with van der Waals surface area (Å²) in [5, 5.41) is 14.4. The van der Waals surface area contributed by atoms with Crippen LogP contribution in [-0.2, 0) is 4.84 Å². The molecule has 0 spiro atoms. The van der Waals surface area contributed by atoms with E-state index in [9.17, 15) is 9.90 Å². The lowest BCUT2D eigenvalue weighted by molar-refractivity contribution is 0.0696. The molecule has 0 amide bonds. The van der Waals surface area contributed by atoms with Gasteiger partial charge in [-0.05, 0) is 49.0 Å². The molecule has 1 unspecified atom stereocenters. The fourth-order valence-corrected chi connectivity index (χ4v) is 4.38. The summed E-state index contributed by atoms with van der Waals surface area (Å²) in [5.41, 5.74) is 3.30. The lowest BCUT2D eigenvalue weighted by Crippen LogP contribution is -2.44. The van der Waals surface area contributed by atoms with E-state index in [2.05, 4.69) is 56.4 Å². The first-order valence-corrected chi connectivity index (χ1v) is 11.4. The number of rotatable bonds is 6. The highest BCUT2D eigenvalue weighted by molar-refractivity contribution is 5.87. The van der Waals surface area contributed by atoms with Gasteiger partial charge in [0.15, 0.2) is 5.82 Å². The molecule has 5 rings (SSSR count). The summed E-state index contributed by atoms with van der Waals surface area (Å²) in [5.74, 6) is 0.333. The zero-order valence-corrected chi connectivity index (χ0v) is 19.1. The first-order chi connectivity index (χ1) is 16.6. The number of benzene rings is 2. The SMILES string of the molecule is CN1CCN(c2ccc(Nc3cc(N4OCCC4c4cccc(C(=O)O)c4)ncn3)cc2)CC1. The number of hydroxylamine groups is 1. The van der Waals surface area contributed by atoms with E-state index in [1.165, 1.54) is 12.0 Å². The van der Waals surface area contributed by atoms with Crippen molar-refractivity contribution in [3.05, 3.63) is 72.1 Å². The number of carboxylic acids is 1. The molecule has 0 bridgehead atoms. The minimum Gasteiger partial charge on any atom is -0.478 e. The predicted molar refractivity (Wildman–Crippen MR) is 131 cm³/mol. The number of carbonyl (C=O) groups is 1. The molecular weight excluding hydrogens is 432 g/mol. The van der Waals surface area contributed by atoms with Gasteiger partial charge in [-0.1, -0.05) is 12.1 Å². The van der Waals surface area contributed by atoms with Crippen LogP contribution in [0.2, 0.25) is 0 Å². The van der Waals surface area contributed by atoms with Gasteiger partial charge in [0.05, 0.1) is 18.2 Å². The highest BCUT2D eigenvalue weighted by Crippen LogP contribution is 2.35. The largest absolute Gasteiger partial charge is 0.478 e. The van der Waals surface area contributed by atoms with Gasteiger partial charge < -0.3 is 20.2 Å². The van der Waals surface area contributed by atoms with Gasteiger partial charge in [-0.25, -0.2) is 19.8 Å². The predicted octanol–water partition coefficient (Wildman–Crippen LogP) is 3.55. The average Bonchev–Trinajstić information content (AvgIpc) is 3.36. The van der Waals surface area contributed by atoms with Crippen LogP contribution in [0.25, 0.3) is 0 Å². The number of likely N-dealkylation sites (N-methyl/N-ethyl adjacent to an activating group) is 1. The van der Waals surface area contributed by atoms with Gasteiger partial charge in [-0.3, -0.25) is 4.84 Å². The molecule has 1 atom stereocenters. The van der Waals surface area contributed by atoms with Crippen LogP contribution >= 0.6 is 0 Å². The Kier molecular flexibility index (Phi) is 6.29. The van der Waals surface area contributed by atoms with E-state index in [0.717, 1.165) is 43.9 Å². The van der Waals surface area contributed by atoms with Gasteiger partial charge >= 0.3 is 5.97 Å². The second kappa shape index (κ2) is 9.66. The quantitative estimate of drug-likeness (QED) is 0.573. The van der Waals surface area contributed by atoms with Gasteiger partial charge in [-0.15, -0.1) is 0 Å². The molecule has 9 heteroatoms. The minimum atomic E-state index is -0.945. The standard InChI is InChI=1S/C25H28N6O3/c1-29-10-12-30(13-11-29)21-7-5-20(6-8-21)28-23-16-24(27-17-26-23)31-22(9-14-34-31)18-3-2-4-19(15-18)25(32)33/h2-8,15-17,22H,9-14H2,1H3,(H,32,33)(H,26,27,28). The molecule has 3 heterocycles. The summed E-state index contributed by atoms with van der Waals surface area (Å²) >= 11 is 0. The van der Waals surface area contributed by atoms with Crippen molar-refractivity contribution in [3.63, 3.8) is 0 Å². The molecule has 2 saturated heterocycles. The fraction of sp³-hybridized carbons (Fsp3) is 0.320. The average molecular weight is 461 g/mol. The number of aromatic carboxylic acids is 1. The van der Waals surface area contributed by atoms with E-state index < -0.39 is 5.97 Å². The van der Waals surface area contributed by atoms with Crippen molar-refractivity contribution in [1.29, 1.82) is 0 Å².